The Morgan fingerprint density at radius 2 is 1.69 bits per heavy atom. The second-order valence-corrected chi connectivity index (χ2v) is 8.11. The summed E-state index contributed by atoms with van der Waals surface area (Å²) in [6, 6.07) is 4.37. The van der Waals surface area contributed by atoms with Gasteiger partial charge in [-0.25, -0.2) is 0 Å². The fraction of sp³-hybridized carbons (Fsp3) is 0.600. The van der Waals surface area contributed by atoms with Gasteiger partial charge in [-0.15, -0.1) is 8.42 Å². The van der Waals surface area contributed by atoms with E-state index < -0.39 is 16.4 Å². The average Bonchev–Trinajstić information content (AvgIpc) is 2.99. The van der Waals surface area contributed by atoms with E-state index in [4.69, 9.17) is 4.74 Å². The lowest BCUT2D eigenvalue weighted by Gasteiger charge is -2.07. The summed E-state index contributed by atoms with van der Waals surface area (Å²) >= 11 is 0. The van der Waals surface area contributed by atoms with Crippen LogP contribution >= 0.6 is 0 Å². The van der Waals surface area contributed by atoms with Gasteiger partial charge < -0.3 is 18.4 Å². The molecule has 9 heteroatoms. The molecule has 1 N–H and O–H groups in total. The van der Waals surface area contributed by atoms with Gasteiger partial charge in [0, 0.05) is 19.4 Å². The van der Waals surface area contributed by atoms with Crippen LogP contribution in [0.2, 0.25) is 0 Å². The predicted octanol–water partition coefficient (Wildman–Crippen LogP) is 3.65. The van der Waals surface area contributed by atoms with Crippen LogP contribution < -0.4 is 18.4 Å². The largest absolute Gasteiger partial charge is 0.501 e. The summed E-state index contributed by atoms with van der Waals surface area (Å²) in [4.78, 5) is 23.7. The predicted molar refractivity (Wildman–Crippen MR) is 107 cm³/mol. The monoisotopic (exact) mass is 427 g/mol. The highest BCUT2D eigenvalue weighted by molar-refractivity contribution is 7.82. The highest BCUT2D eigenvalue weighted by Gasteiger charge is 2.32. The van der Waals surface area contributed by atoms with Gasteiger partial charge in [-0.05, 0) is 31.4 Å². The molecule has 0 saturated carbocycles. The Morgan fingerprint density at radius 3 is 2.48 bits per heavy atom. The number of carbonyl (C=O) groups is 2. The Labute approximate surface area is 172 Å². The SMILES string of the molecule is CCCCCCCC(=O)NCCCCCC(=O)Oc1cccc2c1OS(=O)(=O)O2. The molecule has 0 fully saturated rings. The van der Waals surface area contributed by atoms with Gasteiger partial charge in [-0.1, -0.05) is 45.1 Å². The van der Waals surface area contributed by atoms with Crippen LogP contribution in [0.25, 0.3) is 0 Å². The molecule has 0 unspecified atom stereocenters. The molecular weight excluding hydrogens is 398 g/mol. The summed E-state index contributed by atoms with van der Waals surface area (Å²) in [6.07, 6.45) is 8.53. The molecule has 162 valence electrons. The number of rotatable bonds is 13. The van der Waals surface area contributed by atoms with E-state index in [-0.39, 0.29) is 29.6 Å². The number of unbranched alkanes of at least 4 members (excludes halogenated alkanes) is 6. The maximum atomic E-state index is 12.0. The number of hydrogen-bond donors (Lipinski definition) is 1. The van der Waals surface area contributed by atoms with E-state index in [0.717, 1.165) is 25.7 Å². The molecule has 8 nitrogen and oxygen atoms in total. The van der Waals surface area contributed by atoms with E-state index in [9.17, 15) is 18.0 Å². The van der Waals surface area contributed by atoms with Crippen molar-refractivity contribution in [3.8, 4) is 17.2 Å². The zero-order chi connectivity index (χ0) is 21.1. The Hall–Kier alpha value is -2.29. The number of hydrogen-bond acceptors (Lipinski definition) is 7. The zero-order valence-electron chi connectivity index (χ0n) is 16.8. The first-order valence-corrected chi connectivity index (χ1v) is 11.5. The number of nitrogens with one attached hydrogen (secondary N) is 1. The van der Waals surface area contributed by atoms with Gasteiger partial charge in [-0.2, -0.15) is 0 Å². The number of ether oxygens (including phenoxy) is 1. The lowest BCUT2D eigenvalue weighted by molar-refractivity contribution is -0.134. The van der Waals surface area contributed by atoms with E-state index in [1.54, 1.807) is 0 Å². The first kappa shape index (κ1) is 23.0. The van der Waals surface area contributed by atoms with Crippen LogP contribution in [0.1, 0.15) is 71.1 Å². The quantitative estimate of drug-likeness (QED) is 0.291. The van der Waals surface area contributed by atoms with E-state index in [1.807, 2.05) is 0 Å². The molecule has 0 spiro atoms. The first-order valence-electron chi connectivity index (χ1n) is 10.2. The molecule has 29 heavy (non-hydrogen) atoms. The summed E-state index contributed by atoms with van der Waals surface area (Å²) in [5, 5.41) is 2.90. The minimum absolute atomic E-state index is 0.00333. The van der Waals surface area contributed by atoms with Gasteiger partial charge in [0.1, 0.15) is 0 Å². The molecule has 0 aromatic heterocycles. The number of esters is 1. The highest BCUT2D eigenvalue weighted by atomic mass is 32.3. The molecule has 1 aromatic carbocycles. The van der Waals surface area contributed by atoms with Crippen LogP contribution in [0.5, 0.6) is 17.2 Å². The number of amides is 1. The summed E-state index contributed by atoms with van der Waals surface area (Å²) in [7, 11) is -4.13. The van der Waals surface area contributed by atoms with Crippen LogP contribution in [0, 0.1) is 0 Å². The second kappa shape index (κ2) is 11.6. The number of carbonyl (C=O) groups excluding carboxylic acids is 2. The fourth-order valence-electron chi connectivity index (χ4n) is 2.90. The molecule has 1 aromatic rings. The van der Waals surface area contributed by atoms with Crippen LogP contribution in [-0.4, -0.2) is 26.8 Å². The zero-order valence-corrected chi connectivity index (χ0v) is 17.6. The van der Waals surface area contributed by atoms with Crippen molar-refractivity contribution < 1.29 is 31.1 Å². The van der Waals surface area contributed by atoms with E-state index in [2.05, 4.69) is 20.6 Å². The summed E-state index contributed by atoms with van der Waals surface area (Å²) in [6.45, 7) is 2.76. The van der Waals surface area contributed by atoms with Crippen molar-refractivity contribution >= 4 is 22.3 Å². The third-order valence-electron chi connectivity index (χ3n) is 4.43. The maximum absolute atomic E-state index is 12.0. The molecule has 1 heterocycles. The van der Waals surface area contributed by atoms with Gasteiger partial charge in [-0.3, -0.25) is 9.59 Å². The molecule has 2 rings (SSSR count). The van der Waals surface area contributed by atoms with Crippen molar-refractivity contribution in [2.45, 2.75) is 71.1 Å². The molecule has 1 amide bonds. The van der Waals surface area contributed by atoms with Crippen molar-refractivity contribution in [3.63, 3.8) is 0 Å². The molecular formula is C20H29NO7S. The molecule has 0 aliphatic carbocycles. The van der Waals surface area contributed by atoms with Crippen molar-refractivity contribution in [1.29, 1.82) is 0 Å². The van der Waals surface area contributed by atoms with Gasteiger partial charge in [0.15, 0.2) is 11.5 Å². The molecule has 0 atom stereocenters. The van der Waals surface area contributed by atoms with E-state index in [0.29, 0.717) is 19.4 Å². The van der Waals surface area contributed by atoms with Gasteiger partial charge in [0.25, 0.3) is 0 Å². The summed E-state index contributed by atoms with van der Waals surface area (Å²) in [5.41, 5.74) is 0. The normalized spacial score (nSPS) is 13.8. The van der Waals surface area contributed by atoms with Crippen LogP contribution in [-0.2, 0) is 20.0 Å². The molecule has 0 bridgehead atoms. The Bertz CT molecular complexity index is 792. The average molecular weight is 428 g/mol. The van der Waals surface area contributed by atoms with E-state index >= 15 is 0 Å². The Morgan fingerprint density at radius 1 is 0.966 bits per heavy atom. The fourth-order valence-corrected chi connectivity index (χ4v) is 3.66. The molecule has 0 radical (unpaired) electrons. The smallest absolute Gasteiger partial charge is 0.422 e. The molecule has 1 aliphatic heterocycles. The maximum Gasteiger partial charge on any atom is 0.501 e. The highest BCUT2D eigenvalue weighted by Crippen LogP contribution is 2.43. The lowest BCUT2D eigenvalue weighted by Crippen LogP contribution is -2.24. The minimum atomic E-state index is -4.13. The van der Waals surface area contributed by atoms with Crippen molar-refractivity contribution in [2.24, 2.45) is 0 Å². The second-order valence-electron chi connectivity index (χ2n) is 6.96. The topological polar surface area (TPSA) is 108 Å². The van der Waals surface area contributed by atoms with Crippen molar-refractivity contribution in [3.05, 3.63) is 18.2 Å². The standard InChI is InChI=1S/C20H29NO7S/c1-2-3-4-5-7-13-18(22)21-15-9-6-8-14-19(23)26-16-11-10-12-17-20(16)28-29(24,25)27-17/h10-12H,2-9,13-15H2,1H3,(H,21,22). The van der Waals surface area contributed by atoms with Crippen molar-refractivity contribution in [2.75, 3.05) is 6.54 Å². The number of benzene rings is 1. The first-order chi connectivity index (χ1) is 13.9. The molecule has 0 saturated heterocycles. The number of fused-ring (bicyclic) bond motifs is 1. The van der Waals surface area contributed by atoms with E-state index in [1.165, 1.54) is 37.5 Å². The van der Waals surface area contributed by atoms with Gasteiger partial charge in [0.2, 0.25) is 11.7 Å². The van der Waals surface area contributed by atoms with Crippen LogP contribution in [0.15, 0.2) is 18.2 Å². The van der Waals surface area contributed by atoms with Crippen molar-refractivity contribution in [1.82, 2.24) is 5.32 Å². The third kappa shape index (κ3) is 8.31. The van der Waals surface area contributed by atoms with Crippen LogP contribution in [0.4, 0.5) is 0 Å². The summed E-state index contributed by atoms with van der Waals surface area (Å²) < 4.78 is 37.2. The van der Waals surface area contributed by atoms with Crippen LogP contribution in [0.3, 0.4) is 0 Å². The third-order valence-corrected chi connectivity index (χ3v) is 5.19. The molecule has 1 aliphatic rings. The Balaban J connectivity index is 1.56. The van der Waals surface area contributed by atoms with Gasteiger partial charge in [0.05, 0.1) is 0 Å². The minimum Gasteiger partial charge on any atom is -0.422 e. The van der Waals surface area contributed by atoms with Gasteiger partial charge >= 0.3 is 16.4 Å². The summed E-state index contributed by atoms with van der Waals surface area (Å²) in [5.74, 6) is -0.507. The number of para-hydroxylation sites is 1. The lowest BCUT2D eigenvalue weighted by atomic mass is 10.1. The Kier molecular flexibility index (Phi) is 9.24.